The molecule has 0 amide bonds. The van der Waals surface area contributed by atoms with E-state index in [-0.39, 0.29) is 149 Å². The molecule has 0 saturated carbocycles. The van der Waals surface area contributed by atoms with Crippen LogP contribution in [-0.4, -0.2) is 61.5 Å². The molecule has 9 heavy (non-hydrogen) atoms. The molecule has 0 aromatic carbocycles. The predicted octanol–water partition coefficient (Wildman–Crippen LogP) is -1.88. The van der Waals surface area contributed by atoms with Gasteiger partial charge in [-0.25, -0.2) is 0 Å². The fourth-order valence-electron chi connectivity index (χ4n) is 0. The van der Waals surface area contributed by atoms with Crippen LogP contribution in [0.25, 0.3) is 0 Å². The van der Waals surface area contributed by atoms with Gasteiger partial charge in [0.1, 0.15) is 0 Å². The van der Waals surface area contributed by atoms with E-state index < -0.39 is 0 Å². The molecule has 3 nitrogen and oxygen atoms in total. The fourth-order valence-corrected chi connectivity index (χ4v) is 0. The van der Waals surface area contributed by atoms with E-state index in [1.54, 1.807) is 0 Å². The van der Waals surface area contributed by atoms with Gasteiger partial charge in [0.15, 0.2) is 0 Å². The van der Waals surface area contributed by atoms with E-state index in [0.717, 1.165) is 0 Å². The first-order chi connectivity index (χ1) is 0. The van der Waals surface area contributed by atoms with Crippen molar-refractivity contribution in [2.45, 2.75) is 0 Å². The van der Waals surface area contributed by atoms with E-state index in [1.807, 2.05) is 0 Å². The second-order valence-corrected chi connectivity index (χ2v) is 0. The van der Waals surface area contributed by atoms with Gasteiger partial charge in [-0.2, -0.15) is 0 Å². The Kier molecular flexibility index (Phi) is 1190. The van der Waals surface area contributed by atoms with Gasteiger partial charge in [-0.05, 0) is 0 Å². The molecule has 0 aliphatic carbocycles. The largest absolute Gasteiger partial charge is 3.00 e. The van der Waals surface area contributed by atoms with E-state index in [1.165, 1.54) is 0 Å². The molecule has 0 heterocycles. The Bertz CT molecular complexity index is 17.8. The van der Waals surface area contributed by atoms with Crippen molar-refractivity contribution in [3.8, 4) is 0 Å². The summed E-state index contributed by atoms with van der Waals surface area (Å²) in [7, 11) is 0. The normalized spacial score (nSPS) is 0. The SMILES string of the molecule is [Ga+3].[Ga+3].[La].[La].[O-2].[O-2].[O-2].[Si].[Si]. The van der Waals surface area contributed by atoms with Gasteiger partial charge in [0.2, 0.25) is 0 Å². The van der Waals surface area contributed by atoms with Crippen LogP contribution in [0.15, 0.2) is 0 Å². The molecule has 0 aliphatic rings. The summed E-state index contributed by atoms with van der Waals surface area (Å²) in [6.45, 7) is 0. The topological polar surface area (TPSA) is 85.5 Å². The molecule has 0 spiro atoms. The summed E-state index contributed by atoms with van der Waals surface area (Å²) in [5.74, 6) is 0. The van der Waals surface area contributed by atoms with E-state index in [4.69, 9.17) is 0 Å². The average molecular weight is 521 g/mol. The quantitative estimate of drug-likeness (QED) is 0.335. The summed E-state index contributed by atoms with van der Waals surface area (Å²) in [5, 5.41) is 0. The second kappa shape index (κ2) is 91.3. The van der Waals surface area contributed by atoms with Crippen LogP contribution >= 0.6 is 0 Å². The molecule has 0 aromatic rings. The van der Waals surface area contributed by atoms with Gasteiger partial charge in [-0.15, -0.1) is 0 Å². The van der Waals surface area contributed by atoms with Crippen molar-refractivity contribution >= 4 is 61.5 Å². The molecule has 0 aliphatic heterocycles. The van der Waals surface area contributed by atoms with Crippen molar-refractivity contribution in [1.29, 1.82) is 0 Å². The van der Waals surface area contributed by atoms with E-state index in [2.05, 4.69) is 0 Å². The smallest absolute Gasteiger partial charge is 2.00 e. The summed E-state index contributed by atoms with van der Waals surface area (Å²) in [6.07, 6.45) is 0. The van der Waals surface area contributed by atoms with Gasteiger partial charge >= 0.3 is 39.6 Å². The van der Waals surface area contributed by atoms with Crippen molar-refractivity contribution in [1.82, 2.24) is 0 Å². The third-order valence-corrected chi connectivity index (χ3v) is 0. The molecule has 0 N–H and O–H groups in total. The molecule has 38 valence electrons. The molecule has 0 bridgehead atoms. The third-order valence-electron chi connectivity index (χ3n) is 0. The summed E-state index contributed by atoms with van der Waals surface area (Å²) < 4.78 is 0. The van der Waals surface area contributed by atoms with Crippen LogP contribution in [0.1, 0.15) is 0 Å². The molecular formula is Ga2La2O3Si2. The molecule has 0 aromatic heterocycles. The Labute approximate surface area is 146 Å². The van der Waals surface area contributed by atoms with Crippen LogP contribution in [0.5, 0.6) is 0 Å². The van der Waals surface area contributed by atoms with Crippen molar-refractivity contribution in [3.05, 3.63) is 0 Å². The van der Waals surface area contributed by atoms with Crippen LogP contribution in [-0.2, 0) is 16.4 Å². The van der Waals surface area contributed by atoms with E-state index >= 15 is 0 Å². The van der Waals surface area contributed by atoms with Crippen LogP contribution in [0.3, 0.4) is 0 Å². The molecule has 0 fully saturated rings. The minimum absolute atomic E-state index is 0. The first-order valence-corrected chi connectivity index (χ1v) is 0. The minimum atomic E-state index is 0. The fraction of sp³-hybridized carbons (Fsp3) is 0. The minimum Gasteiger partial charge on any atom is -2.00 e. The van der Waals surface area contributed by atoms with E-state index in [0.29, 0.717) is 0 Å². The van der Waals surface area contributed by atoms with Crippen molar-refractivity contribution in [2.24, 2.45) is 0 Å². The Morgan fingerprint density at radius 2 is 0.444 bits per heavy atom. The maximum atomic E-state index is 0. The van der Waals surface area contributed by atoms with Gasteiger partial charge < -0.3 is 16.4 Å². The molecular weight excluding hydrogens is 521 g/mol. The first-order valence-electron chi connectivity index (χ1n) is 0. The Morgan fingerprint density at radius 3 is 0.444 bits per heavy atom. The molecule has 10 radical (unpaired) electrons. The predicted molar refractivity (Wildman–Crippen MR) is 25.1 cm³/mol. The second-order valence-electron chi connectivity index (χ2n) is 0. The molecule has 0 saturated heterocycles. The van der Waals surface area contributed by atoms with Crippen LogP contribution in [0, 0.1) is 71.2 Å². The van der Waals surface area contributed by atoms with Crippen LogP contribution in [0.4, 0.5) is 0 Å². The summed E-state index contributed by atoms with van der Waals surface area (Å²) in [6, 6.07) is 0. The standard InChI is InChI=1S/2Ga.2La.3O.2Si/q2*+3;;;3*-2;;. The van der Waals surface area contributed by atoms with Crippen molar-refractivity contribution in [3.63, 3.8) is 0 Å². The van der Waals surface area contributed by atoms with Gasteiger partial charge in [0.25, 0.3) is 0 Å². The number of rotatable bonds is 0. The zero-order valence-electron chi connectivity index (χ0n) is 4.53. The van der Waals surface area contributed by atoms with E-state index in [9.17, 15) is 0 Å². The van der Waals surface area contributed by atoms with Crippen LogP contribution in [0.2, 0.25) is 0 Å². The van der Waals surface area contributed by atoms with Gasteiger partial charge in [-0.3, -0.25) is 0 Å². The zero-order chi connectivity index (χ0) is 0. The number of hydrogen-bond donors (Lipinski definition) is 0. The Balaban J connectivity index is 0. The van der Waals surface area contributed by atoms with Gasteiger partial charge in [-0.1, -0.05) is 0 Å². The molecule has 0 unspecified atom stereocenters. The summed E-state index contributed by atoms with van der Waals surface area (Å²) in [5.41, 5.74) is 0. The third kappa shape index (κ3) is 75.4. The molecule has 9 heteroatoms. The number of hydrogen-bond acceptors (Lipinski definition) is 0. The molecule has 0 atom stereocenters. The Morgan fingerprint density at radius 1 is 0.444 bits per heavy atom. The monoisotopic (exact) mass is 520 g/mol. The Hall–Kier alpha value is 3.98. The van der Waals surface area contributed by atoms with Gasteiger partial charge in [0.05, 0.1) is 0 Å². The van der Waals surface area contributed by atoms with Crippen molar-refractivity contribution in [2.75, 3.05) is 0 Å². The maximum absolute atomic E-state index is 0. The van der Waals surface area contributed by atoms with Crippen LogP contribution < -0.4 is 0 Å². The summed E-state index contributed by atoms with van der Waals surface area (Å²) in [4.78, 5) is 0. The zero-order valence-corrected chi connectivity index (χ0v) is 18.6. The van der Waals surface area contributed by atoms with Crippen molar-refractivity contribution < 1.29 is 87.6 Å². The van der Waals surface area contributed by atoms with Gasteiger partial charge in [0, 0.05) is 93.1 Å². The summed E-state index contributed by atoms with van der Waals surface area (Å²) >= 11 is 0. The average Bonchev–Trinajstić information content (AvgIpc) is 0. The first kappa shape index (κ1) is 118. The maximum Gasteiger partial charge on any atom is 3.00 e. The molecule has 0 rings (SSSR count).